The summed E-state index contributed by atoms with van der Waals surface area (Å²) in [6, 6.07) is 4.87. The highest BCUT2D eigenvalue weighted by atomic mass is 19.4. The fourth-order valence-electron chi connectivity index (χ4n) is 4.29. The van der Waals surface area contributed by atoms with E-state index in [1.807, 2.05) is 4.90 Å². The predicted molar refractivity (Wildman–Crippen MR) is 110 cm³/mol. The molecule has 0 unspecified atom stereocenters. The van der Waals surface area contributed by atoms with Crippen molar-refractivity contribution in [2.75, 3.05) is 18.0 Å². The van der Waals surface area contributed by atoms with Gasteiger partial charge in [0.15, 0.2) is 5.78 Å². The van der Waals surface area contributed by atoms with Gasteiger partial charge in [-0.3, -0.25) is 9.78 Å². The number of ketones is 1. The molecule has 0 saturated carbocycles. The smallest absolute Gasteiger partial charge is 0.388 e. The molecule has 30 heavy (non-hydrogen) atoms. The Balaban J connectivity index is 1.89. The number of Topliss-reactive ketones (excluding diaryl/α,β-unsaturated/α-hetero) is 1. The van der Waals surface area contributed by atoms with E-state index < -0.39 is 23.4 Å². The molecule has 3 atom stereocenters. The van der Waals surface area contributed by atoms with E-state index in [0.29, 0.717) is 24.2 Å². The van der Waals surface area contributed by atoms with E-state index in [-0.39, 0.29) is 29.6 Å². The molecular weight excluding hydrogens is 395 g/mol. The number of fused-ring (bicyclic) bond motifs is 1. The third kappa shape index (κ3) is 4.75. The highest BCUT2D eigenvalue weighted by molar-refractivity contribution is 5.94. The minimum absolute atomic E-state index is 0.00339. The van der Waals surface area contributed by atoms with Gasteiger partial charge < -0.3 is 15.7 Å². The predicted octanol–water partition coefficient (Wildman–Crippen LogP) is 3.77. The van der Waals surface area contributed by atoms with Gasteiger partial charge in [0.05, 0.1) is 22.7 Å². The van der Waals surface area contributed by atoms with Crippen LogP contribution in [0, 0.1) is 11.8 Å². The van der Waals surface area contributed by atoms with Gasteiger partial charge in [-0.05, 0) is 56.4 Å². The fourth-order valence-corrected chi connectivity index (χ4v) is 4.29. The number of benzene rings is 1. The van der Waals surface area contributed by atoms with E-state index in [1.165, 1.54) is 26.1 Å². The lowest BCUT2D eigenvalue weighted by Gasteiger charge is -2.39. The molecule has 2 aromatic rings. The van der Waals surface area contributed by atoms with Crippen LogP contribution in [0.25, 0.3) is 10.9 Å². The first-order valence-corrected chi connectivity index (χ1v) is 10.1. The molecule has 8 heteroatoms. The molecule has 0 aliphatic carbocycles. The average molecular weight is 423 g/mol. The molecule has 0 spiro atoms. The van der Waals surface area contributed by atoms with Gasteiger partial charge in [0.1, 0.15) is 0 Å². The lowest BCUT2D eigenvalue weighted by atomic mass is 9.83. The highest BCUT2D eigenvalue weighted by Crippen LogP contribution is 2.39. The van der Waals surface area contributed by atoms with Crippen LogP contribution in [0.3, 0.4) is 0 Å². The number of carbonyl (C=O) groups is 1. The summed E-state index contributed by atoms with van der Waals surface area (Å²) in [7, 11) is 0. The first-order valence-electron chi connectivity index (χ1n) is 10.1. The summed E-state index contributed by atoms with van der Waals surface area (Å²) in [5, 5.41) is 10.5. The van der Waals surface area contributed by atoms with Gasteiger partial charge >= 0.3 is 6.18 Å². The van der Waals surface area contributed by atoms with Crippen molar-refractivity contribution in [2.24, 2.45) is 17.6 Å². The SMILES string of the molecule is C[C@H]1C[C@@H](CC(=O)[C@@H](N)C(C)(C)O)CN(c2ccc(C(F)(F)F)c3ncccc23)C1. The number of nitrogens with two attached hydrogens (primary N) is 1. The minimum Gasteiger partial charge on any atom is -0.388 e. The number of rotatable bonds is 5. The molecule has 1 saturated heterocycles. The van der Waals surface area contributed by atoms with Crippen molar-refractivity contribution >= 4 is 22.4 Å². The molecule has 164 valence electrons. The second kappa shape index (κ2) is 8.15. The van der Waals surface area contributed by atoms with Crippen molar-refractivity contribution in [1.82, 2.24) is 4.98 Å². The molecule has 1 aliphatic heterocycles. The van der Waals surface area contributed by atoms with Crippen LogP contribution in [0.15, 0.2) is 30.5 Å². The normalized spacial score (nSPS) is 21.7. The van der Waals surface area contributed by atoms with Crippen molar-refractivity contribution in [3.05, 3.63) is 36.0 Å². The lowest BCUT2D eigenvalue weighted by molar-refractivity contribution is -0.136. The number of pyridine rings is 1. The zero-order valence-corrected chi connectivity index (χ0v) is 17.4. The van der Waals surface area contributed by atoms with Gasteiger partial charge in [-0.1, -0.05) is 6.92 Å². The molecule has 5 nitrogen and oxygen atoms in total. The number of hydrogen-bond acceptors (Lipinski definition) is 5. The van der Waals surface area contributed by atoms with Crippen molar-refractivity contribution in [2.45, 2.75) is 51.4 Å². The topological polar surface area (TPSA) is 79.5 Å². The Morgan fingerprint density at radius 3 is 2.63 bits per heavy atom. The Bertz CT molecular complexity index is 924. The molecule has 1 aromatic carbocycles. The lowest BCUT2D eigenvalue weighted by Crippen LogP contribution is -2.50. The first kappa shape index (κ1) is 22.5. The number of anilines is 1. The molecule has 3 rings (SSSR count). The second-order valence-electron chi connectivity index (χ2n) is 8.94. The molecular formula is C22H28F3N3O2. The number of carbonyl (C=O) groups excluding carboxylic acids is 1. The minimum atomic E-state index is -4.48. The molecule has 1 aliphatic rings. The van der Waals surface area contributed by atoms with E-state index in [9.17, 15) is 23.1 Å². The Morgan fingerprint density at radius 2 is 2.00 bits per heavy atom. The largest absolute Gasteiger partial charge is 0.418 e. The van der Waals surface area contributed by atoms with E-state index in [2.05, 4.69) is 11.9 Å². The third-order valence-corrected chi connectivity index (χ3v) is 5.74. The van der Waals surface area contributed by atoms with Crippen LogP contribution in [-0.2, 0) is 11.0 Å². The van der Waals surface area contributed by atoms with Crippen LogP contribution >= 0.6 is 0 Å². The Morgan fingerprint density at radius 1 is 1.30 bits per heavy atom. The van der Waals surface area contributed by atoms with Crippen LogP contribution in [0.1, 0.15) is 39.2 Å². The van der Waals surface area contributed by atoms with E-state index in [1.54, 1.807) is 12.1 Å². The van der Waals surface area contributed by atoms with Crippen LogP contribution < -0.4 is 10.6 Å². The van der Waals surface area contributed by atoms with Crippen molar-refractivity contribution in [1.29, 1.82) is 0 Å². The maximum absolute atomic E-state index is 13.4. The van der Waals surface area contributed by atoms with Crippen molar-refractivity contribution in [3.8, 4) is 0 Å². The molecule has 0 radical (unpaired) electrons. The summed E-state index contributed by atoms with van der Waals surface area (Å²) < 4.78 is 40.2. The van der Waals surface area contributed by atoms with Crippen LogP contribution in [-0.4, -0.2) is 40.6 Å². The maximum atomic E-state index is 13.4. The standard InChI is InChI=1S/C22H28F3N3O2/c1-13-9-14(10-18(29)20(26)21(2,3)30)12-28(11-13)17-7-6-16(22(23,24)25)19-15(17)5-4-8-27-19/h4-8,13-14,20,30H,9-12,26H2,1-3H3/t13-,14-,20+/m0/s1. The fraction of sp³-hybridized carbons (Fsp3) is 0.545. The van der Waals surface area contributed by atoms with Gasteiger partial charge in [-0.15, -0.1) is 0 Å². The summed E-state index contributed by atoms with van der Waals surface area (Å²) in [6.07, 6.45) is -2.08. The van der Waals surface area contributed by atoms with Crippen LogP contribution in [0.5, 0.6) is 0 Å². The number of hydrogen-bond donors (Lipinski definition) is 2. The second-order valence-corrected chi connectivity index (χ2v) is 8.94. The number of aliphatic hydroxyl groups is 1. The van der Waals surface area contributed by atoms with E-state index in [0.717, 1.165) is 12.5 Å². The Kier molecular flexibility index (Phi) is 6.11. The summed E-state index contributed by atoms with van der Waals surface area (Å²) in [5.74, 6) is 0.0492. The quantitative estimate of drug-likeness (QED) is 0.765. The van der Waals surface area contributed by atoms with Gasteiger partial charge in [0, 0.05) is 36.8 Å². The van der Waals surface area contributed by atoms with Crippen LogP contribution in [0.4, 0.5) is 18.9 Å². The molecule has 3 N–H and O–H groups in total. The maximum Gasteiger partial charge on any atom is 0.418 e. The van der Waals surface area contributed by atoms with Gasteiger partial charge in [0.2, 0.25) is 0 Å². The van der Waals surface area contributed by atoms with E-state index in [4.69, 9.17) is 5.73 Å². The van der Waals surface area contributed by atoms with Gasteiger partial charge in [-0.2, -0.15) is 13.2 Å². The highest BCUT2D eigenvalue weighted by Gasteiger charge is 2.36. The number of piperidine rings is 1. The number of alkyl halides is 3. The first-order chi connectivity index (χ1) is 13.9. The summed E-state index contributed by atoms with van der Waals surface area (Å²) in [5.41, 5.74) is 4.45. The number of halogens is 3. The third-order valence-electron chi connectivity index (χ3n) is 5.74. The molecule has 0 amide bonds. The summed E-state index contributed by atoms with van der Waals surface area (Å²) in [6.45, 7) is 6.28. The monoisotopic (exact) mass is 423 g/mol. The average Bonchev–Trinajstić information content (AvgIpc) is 2.64. The van der Waals surface area contributed by atoms with Gasteiger partial charge in [-0.25, -0.2) is 0 Å². The van der Waals surface area contributed by atoms with Gasteiger partial charge in [0.25, 0.3) is 0 Å². The summed E-state index contributed by atoms with van der Waals surface area (Å²) >= 11 is 0. The molecule has 1 aromatic heterocycles. The summed E-state index contributed by atoms with van der Waals surface area (Å²) in [4.78, 5) is 18.6. The van der Waals surface area contributed by atoms with Crippen molar-refractivity contribution < 1.29 is 23.1 Å². The molecule has 0 bridgehead atoms. The van der Waals surface area contributed by atoms with Crippen LogP contribution in [0.2, 0.25) is 0 Å². The zero-order valence-electron chi connectivity index (χ0n) is 17.4. The number of aromatic nitrogens is 1. The van der Waals surface area contributed by atoms with Crippen molar-refractivity contribution in [3.63, 3.8) is 0 Å². The Hall–Kier alpha value is -2.19. The zero-order chi connectivity index (χ0) is 22.3. The van der Waals surface area contributed by atoms with E-state index >= 15 is 0 Å². The number of nitrogens with zero attached hydrogens (tertiary/aromatic N) is 2. The molecule has 2 heterocycles. The Labute approximate surface area is 174 Å². The molecule has 1 fully saturated rings.